The Kier molecular flexibility index (Phi) is 49.5. The summed E-state index contributed by atoms with van der Waals surface area (Å²) in [5, 5.41) is 0. The molecule has 12 heteroatoms. The Morgan fingerprint density at radius 1 is 0.358 bits per heavy atom. The highest BCUT2D eigenvalue weighted by Crippen LogP contribution is 2.15. The topological polar surface area (TPSA) is 136 Å². The van der Waals surface area contributed by atoms with Crippen LogP contribution in [0, 0.1) is 5.92 Å². The van der Waals surface area contributed by atoms with Gasteiger partial charge in [-0.15, -0.1) is 0 Å². The lowest BCUT2D eigenvalue weighted by Gasteiger charge is -2.20. The Bertz CT molecular complexity index is 1090. The summed E-state index contributed by atoms with van der Waals surface area (Å²) in [5.41, 5.74) is 0. The average molecular weight is 956 g/mol. The Morgan fingerprint density at radius 2 is 0.716 bits per heavy atom. The minimum atomic E-state index is -0.792. The number of carbonyl (C=O) groups excluding carboxylic acids is 4. The predicted molar refractivity (Wildman–Crippen MR) is 271 cm³/mol. The third-order valence-electron chi connectivity index (χ3n) is 12.3. The zero-order valence-corrected chi connectivity index (χ0v) is 44.2. The quantitative estimate of drug-likeness (QED) is 0.0248. The van der Waals surface area contributed by atoms with Crippen LogP contribution in [-0.2, 0) is 47.5 Å². The fraction of sp³-hybridized carbons (Fsp3) is 0.927. The van der Waals surface area contributed by atoms with Gasteiger partial charge in [0.05, 0.1) is 25.6 Å². The van der Waals surface area contributed by atoms with Gasteiger partial charge < -0.3 is 38.1 Å². The monoisotopic (exact) mass is 956 g/mol. The first kappa shape index (κ1) is 64.6. The van der Waals surface area contributed by atoms with E-state index in [2.05, 4.69) is 39.5 Å². The van der Waals surface area contributed by atoms with Gasteiger partial charge in [-0.05, 0) is 51.6 Å². The minimum absolute atomic E-state index is 0.0380. The largest absolute Gasteiger partial charge is 0.508 e. The average Bonchev–Trinajstić information content (AvgIpc) is 3.33. The number of hydrogen-bond donors (Lipinski definition) is 0. The van der Waals surface area contributed by atoms with Gasteiger partial charge in [0.25, 0.3) is 0 Å². The standard InChI is InChI=1S/C55H105NO11/c1-6-11-14-17-20-26-31-34-43-61-51(57)38-32-27-24-22-21-23-25-28-33-39-52(58)65-47-50(49-67-55(60)64-46-37-42-56(9-4)10-5)48-66-53(59)40-41-54(62-44-35-29-18-15-12-7-2)63-45-36-30-19-16-13-8-3/h50,54H,6-49H2,1-5H3/t50-/m0/s1. The molecule has 0 bridgehead atoms. The van der Waals surface area contributed by atoms with E-state index in [0.29, 0.717) is 45.5 Å². The van der Waals surface area contributed by atoms with Crippen LogP contribution in [0.15, 0.2) is 0 Å². The van der Waals surface area contributed by atoms with Crippen molar-refractivity contribution in [2.45, 2.75) is 259 Å². The molecule has 0 N–H and O–H groups in total. The lowest BCUT2D eigenvalue weighted by Crippen LogP contribution is -2.28. The first-order valence-corrected chi connectivity index (χ1v) is 28.0. The molecular weight excluding hydrogens is 851 g/mol. The summed E-state index contributed by atoms with van der Waals surface area (Å²) in [4.78, 5) is 52.4. The second-order valence-electron chi connectivity index (χ2n) is 18.6. The lowest BCUT2D eigenvalue weighted by molar-refractivity contribution is -0.161. The molecular formula is C55H105NO11. The third kappa shape index (κ3) is 47.0. The molecule has 67 heavy (non-hydrogen) atoms. The first-order chi connectivity index (χ1) is 32.8. The van der Waals surface area contributed by atoms with Crippen molar-refractivity contribution in [1.29, 1.82) is 0 Å². The van der Waals surface area contributed by atoms with E-state index in [1.165, 1.54) is 89.9 Å². The molecule has 12 nitrogen and oxygen atoms in total. The number of hydrogen-bond acceptors (Lipinski definition) is 12. The van der Waals surface area contributed by atoms with Gasteiger partial charge >= 0.3 is 24.1 Å². The molecule has 0 aromatic heterocycles. The van der Waals surface area contributed by atoms with Gasteiger partial charge in [0.15, 0.2) is 6.29 Å². The fourth-order valence-electron chi connectivity index (χ4n) is 7.84. The number of nitrogens with zero attached hydrogens (tertiary/aromatic N) is 1. The summed E-state index contributed by atoms with van der Waals surface area (Å²) in [6.45, 7) is 15.3. The highest BCUT2D eigenvalue weighted by atomic mass is 16.7. The maximum Gasteiger partial charge on any atom is 0.508 e. The number of ether oxygens (including phenoxy) is 7. The number of rotatable bonds is 52. The molecule has 0 amide bonds. The maximum atomic E-state index is 13.0. The fourth-order valence-corrected chi connectivity index (χ4v) is 7.84. The van der Waals surface area contributed by atoms with E-state index in [1.54, 1.807) is 0 Å². The zero-order chi connectivity index (χ0) is 49.1. The van der Waals surface area contributed by atoms with E-state index < -0.39 is 24.3 Å². The van der Waals surface area contributed by atoms with Crippen LogP contribution in [0.4, 0.5) is 4.79 Å². The number of carbonyl (C=O) groups is 4. The molecule has 396 valence electrons. The molecule has 0 unspecified atom stereocenters. The SMILES string of the molecule is CCCCCCCCCCOC(=O)CCCCCCCCCCCC(=O)OC[C@@H](COC(=O)CCC(OCCCCCCCC)OCCCCCCCC)COC(=O)OCCCN(CC)CC. The molecule has 1 atom stereocenters. The van der Waals surface area contributed by atoms with E-state index in [9.17, 15) is 19.2 Å². The molecule has 0 aliphatic rings. The molecule has 0 aliphatic heterocycles. The van der Waals surface area contributed by atoms with Crippen LogP contribution in [0.2, 0.25) is 0 Å². The Labute approximate surface area is 411 Å². The maximum absolute atomic E-state index is 13.0. The Balaban J connectivity index is 4.64. The van der Waals surface area contributed by atoms with Crippen LogP contribution in [0.5, 0.6) is 0 Å². The van der Waals surface area contributed by atoms with E-state index in [4.69, 9.17) is 33.2 Å². The van der Waals surface area contributed by atoms with Gasteiger partial charge in [-0.1, -0.05) is 189 Å². The van der Waals surface area contributed by atoms with Crippen molar-refractivity contribution in [3.63, 3.8) is 0 Å². The molecule has 0 fully saturated rings. The van der Waals surface area contributed by atoms with Crippen LogP contribution >= 0.6 is 0 Å². The normalized spacial score (nSPS) is 11.9. The van der Waals surface area contributed by atoms with Crippen molar-refractivity contribution in [3.05, 3.63) is 0 Å². The molecule has 0 radical (unpaired) electrons. The van der Waals surface area contributed by atoms with Crippen molar-refractivity contribution in [1.82, 2.24) is 4.90 Å². The van der Waals surface area contributed by atoms with Crippen molar-refractivity contribution in [2.75, 3.05) is 65.9 Å². The van der Waals surface area contributed by atoms with Crippen molar-refractivity contribution in [3.8, 4) is 0 Å². The smallest absolute Gasteiger partial charge is 0.466 e. The predicted octanol–water partition coefficient (Wildman–Crippen LogP) is 14.4. The Morgan fingerprint density at radius 3 is 1.16 bits per heavy atom. The minimum Gasteiger partial charge on any atom is -0.466 e. The van der Waals surface area contributed by atoms with Gasteiger partial charge in [0.1, 0.15) is 19.8 Å². The first-order valence-electron chi connectivity index (χ1n) is 28.0. The van der Waals surface area contributed by atoms with Crippen LogP contribution in [0.25, 0.3) is 0 Å². The summed E-state index contributed by atoms with van der Waals surface area (Å²) in [5.74, 6) is -1.32. The molecule has 0 saturated heterocycles. The van der Waals surface area contributed by atoms with Gasteiger partial charge in [-0.25, -0.2) is 4.79 Å². The third-order valence-corrected chi connectivity index (χ3v) is 12.3. The van der Waals surface area contributed by atoms with Crippen LogP contribution in [0.3, 0.4) is 0 Å². The van der Waals surface area contributed by atoms with Gasteiger partial charge in [-0.2, -0.15) is 0 Å². The molecule has 0 rings (SSSR count). The van der Waals surface area contributed by atoms with Gasteiger partial charge in [0.2, 0.25) is 0 Å². The molecule has 0 aromatic carbocycles. The summed E-state index contributed by atoms with van der Waals surface area (Å²) in [6.07, 6.45) is 33.9. The lowest BCUT2D eigenvalue weighted by atomic mass is 10.1. The summed E-state index contributed by atoms with van der Waals surface area (Å²) in [6, 6.07) is 0. The van der Waals surface area contributed by atoms with Crippen LogP contribution in [0.1, 0.15) is 253 Å². The number of esters is 3. The zero-order valence-electron chi connectivity index (χ0n) is 44.2. The van der Waals surface area contributed by atoms with Crippen LogP contribution in [-0.4, -0.2) is 101 Å². The van der Waals surface area contributed by atoms with Crippen molar-refractivity contribution < 1.29 is 52.3 Å². The summed E-state index contributed by atoms with van der Waals surface area (Å²) >= 11 is 0. The van der Waals surface area contributed by atoms with E-state index in [-0.39, 0.29) is 44.8 Å². The van der Waals surface area contributed by atoms with E-state index >= 15 is 0 Å². The summed E-state index contributed by atoms with van der Waals surface area (Å²) in [7, 11) is 0. The second-order valence-corrected chi connectivity index (χ2v) is 18.6. The highest BCUT2D eigenvalue weighted by molar-refractivity contribution is 5.70. The summed E-state index contributed by atoms with van der Waals surface area (Å²) < 4.78 is 39.5. The number of unbranched alkanes of at least 4 members (excludes halogenated alkanes) is 25. The van der Waals surface area contributed by atoms with Crippen molar-refractivity contribution in [2.24, 2.45) is 5.92 Å². The van der Waals surface area contributed by atoms with Gasteiger partial charge in [-0.3, -0.25) is 14.4 Å². The second kappa shape index (κ2) is 51.4. The molecule has 0 spiro atoms. The molecule has 0 heterocycles. The Hall–Kier alpha value is -2.44. The highest BCUT2D eigenvalue weighted by Gasteiger charge is 2.20. The molecule has 0 aromatic rings. The molecule has 0 aliphatic carbocycles. The van der Waals surface area contributed by atoms with Crippen LogP contribution < -0.4 is 0 Å². The molecule has 0 saturated carbocycles. The van der Waals surface area contributed by atoms with E-state index in [1.807, 2.05) is 0 Å². The van der Waals surface area contributed by atoms with Crippen molar-refractivity contribution >= 4 is 24.1 Å². The van der Waals surface area contributed by atoms with E-state index in [0.717, 1.165) is 116 Å². The van der Waals surface area contributed by atoms with Gasteiger partial charge in [0, 0.05) is 39.0 Å².